The van der Waals surface area contributed by atoms with E-state index in [1.165, 1.54) is 12.1 Å². The van der Waals surface area contributed by atoms with Crippen LogP contribution in [0.25, 0.3) is 21.9 Å². The summed E-state index contributed by atoms with van der Waals surface area (Å²) in [6.07, 6.45) is -4.33. The molecule has 0 aliphatic carbocycles. The van der Waals surface area contributed by atoms with E-state index in [0.29, 0.717) is 0 Å². The van der Waals surface area contributed by atoms with E-state index in [-0.39, 0.29) is 0 Å². The lowest BCUT2D eigenvalue weighted by atomic mass is 9.78. The molecule has 0 N–H and O–H groups in total. The van der Waals surface area contributed by atoms with Gasteiger partial charge in [0.2, 0.25) is 0 Å². The van der Waals surface area contributed by atoms with Gasteiger partial charge in [-0.1, -0.05) is 42.5 Å². The summed E-state index contributed by atoms with van der Waals surface area (Å²) in [7, 11) is -0.431. The molecule has 0 spiro atoms. The van der Waals surface area contributed by atoms with Gasteiger partial charge in [0.1, 0.15) is 0 Å². The number of halogens is 3. The van der Waals surface area contributed by atoms with Crippen LogP contribution in [0.3, 0.4) is 0 Å². The summed E-state index contributed by atoms with van der Waals surface area (Å²) in [6.45, 7) is 8.07. The largest absolute Gasteiger partial charge is 0.494 e. The fraction of sp³-hybridized carbons (Fsp3) is 0.304. The van der Waals surface area contributed by atoms with Crippen LogP contribution < -0.4 is 5.46 Å². The number of hydrogen-bond donors (Lipinski definition) is 0. The zero-order valence-electron chi connectivity index (χ0n) is 16.8. The summed E-state index contributed by atoms with van der Waals surface area (Å²) >= 11 is 0. The summed E-state index contributed by atoms with van der Waals surface area (Å²) in [5.74, 6) is 0. The first-order valence-electron chi connectivity index (χ1n) is 9.53. The summed E-state index contributed by atoms with van der Waals surface area (Å²) in [5, 5.41) is 2.02. The number of rotatable bonds is 2. The van der Waals surface area contributed by atoms with Crippen LogP contribution in [0.1, 0.15) is 33.3 Å². The highest BCUT2D eigenvalue weighted by molar-refractivity contribution is 6.62. The predicted octanol–water partition coefficient (Wildman–Crippen LogP) is 5.82. The molecule has 3 aromatic carbocycles. The molecule has 4 rings (SSSR count). The van der Waals surface area contributed by atoms with E-state index in [4.69, 9.17) is 9.31 Å². The first kappa shape index (κ1) is 20.0. The standard InChI is InChI=1S/C23H22BF3O2/c1-21(2)22(3,4)29-24(28-21)20-12-9-17-13-16(5-6-18(17)14-20)15-7-10-19(11-8-15)23(25,26)27/h5-14H,1-4H3. The third kappa shape index (κ3) is 3.67. The molecule has 1 aliphatic heterocycles. The Labute approximate surface area is 168 Å². The Hall–Kier alpha value is -2.31. The molecule has 1 saturated heterocycles. The van der Waals surface area contributed by atoms with Crippen molar-refractivity contribution in [1.82, 2.24) is 0 Å². The monoisotopic (exact) mass is 398 g/mol. The number of alkyl halides is 3. The molecule has 0 unspecified atom stereocenters. The lowest BCUT2D eigenvalue weighted by Crippen LogP contribution is -2.41. The van der Waals surface area contributed by atoms with Crippen LogP contribution in [-0.2, 0) is 15.5 Å². The molecule has 0 bridgehead atoms. The highest BCUT2D eigenvalue weighted by atomic mass is 19.4. The number of hydrogen-bond acceptors (Lipinski definition) is 2. The fourth-order valence-electron chi connectivity index (χ4n) is 3.42. The van der Waals surface area contributed by atoms with E-state index in [0.717, 1.165) is 39.5 Å². The van der Waals surface area contributed by atoms with Crippen molar-refractivity contribution < 1.29 is 22.5 Å². The molecule has 29 heavy (non-hydrogen) atoms. The molecule has 0 atom stereocenters. The summed E-state index contributed by atoms with van der Waals surface area (Å²) in [4.78, 5) is 0. The van der Waals surface area contributed by atoms with Crippen LogP contribution >= 0.6 is 0 Å². The Bertz CT molecular complexity index is 1040. The molecule has 150 valence electrons. The first-order valence-corrected chi connectivity index (χ1v) is 9.53. The molecule has 0 amide bonds. The summed E-state index contributed by atoms with van der Waals surface area (Å²) < 4.78 is 50.5. The van der Waals surface area contributed by atoms with Crippen molar-refractivity contribution in [2.75, 3.05) is 0 Å². The van der Waals surface area contributed by atoms with Gasteiger partial charge in [-0.2, -0.15) is 13.2 Å². The highest BCUT2D eigenvalue weighted by Gasteiger charge is 2.51. The van der Waals surface area contributed by atoms with E-state index in [2.05, 4.69) is 0 Å². The van der Waals surface area contributed by atoms with Gasteiger partial charge in [0, 0.05) is 0 Å². The minimum Gasteiger partial charge on any atom is -0.399 e. The molecule has 1 aliphatic rings. The van der Waals surface area contributed by atoms with Gasteiger partial charge >= 0.3 is 13.3 Å². The van der Waals surface area contributed by atoms with Crippen LogP contribution in [0, 0.1) is 0 Å². The van der Waals surface area contributed by atoms with E-state index in [1.807, 2.05) is 64.1 Å². The van der Waals surface area contributed by atoms with Gasteiger partial charge in [-0.25, -0.2) is 0 Å². The van der Waals surface area contributed by atoms with Gasteiger partial charge in [-0.3, -0.25) is 0 Å². The Morgan fingerprint density at radius 3 is 1.79 bits per heavy atom. The van der Waals surface area contributed by atoms with Gasteiger partial charge in [0.15, 0.2) is 0 Å². The van der Waals surface area contributed by atoms with Crippen molar-refractivity contribution in [3.63, 3.8) is 0 Å². The quantitative estimate of drug-likeness (QED) is 0.506. The van der Waals surface area contributed by atoms with E-state index in [9.17, 15) is 13.2 Å². The Morgan fingerprint density at radius 1 is 0.690 bits per heavy atom. The second kappa shape index (κ2) is 6.61. The average Bonchev–Trinajstić information content (AvgIpc) is 2.88. The van der Waals surface area contributed by atoms with Crippen LogP contribution in [0.4, 0.5) is 13.2 Å². The van der Waals surface area contributed by atoms with Gasteiger partial charge < -0.3 is 9.31 Å². The molecule has 6 heteroatoms. The Morgan fingerprint density at radius 2 is 1.21 bits per heavy atom. The average molecular weight is 398 g/mol. The van der Waals surface area contributed by atoms with Crippen LogP contribution in [0.2, 0.25) is 0 Å². The molecule has 3 aromatic rings. The number of benzene rings is 3. The molecule has 1 heterocycles. The maximum absolute atomic E-state index is 12.8. The molecular formula is C23H22BF3O2. The van der Waals surface area contributed by atoms with Gasteiger partial charge in [0.05, 0.1) is 16.8 Å². The van der Waals surface area contributed by atoms with Crippen molar-refractivity contribution >= 4 is 23.4 Å². The zero-order chi connectivity index (χ0) is 21.0. The van der Waals surface area contributed by atoms with Crippen LogP contribution in [-0.4, -0.2) is 18.3 Å². The van der Waals surface area contributed by atoms with Crippen LogP contribution in [0.15, 0.2) is 60.7 Å². The SMILES string of the molecule is CC1(C)OB(c2ccc3cc(-c4ccc(C(F)(F)F)cc4)ccc3c2)OC1(C)C. The fourth-order valence-corrected chi connectivity index (χ4v) is 3.42. The zero-order valence-corrected chi connectivity index (χ0v) is 16.8. The van der Waals surface area contributed by atoms with Crippen LogP contribution in [0.5, 0.6) is 0 Å². The Balaban J connectivity index is 1.63. The van der Waals surface area contributed by atoms with E-state index < -0.39 is 30.1 Å². The second-order valence-corrected chi connectivity index (χ2v) is 8.48. The molecule has 0 saturated carbocycles. The first-order chi connectivity index (χ1) is 13.5. The maximum Gasteiger partial charge on any atom is 0.494 e. The summed E-state index contributed by atoms with van der Waals surface area (Å²) in [5.41, 5.74) is 1.11. The highest BCUT2D eigenvalue weighted by Crippen LogP contribution is 2.37. The van der Waals surface area contributed by atoms with Crippen molar-refractivity contribution in [1.29, 1.82) is 0 Å². The topological polar surface area (TPSA) is 18.5 Å². The smallest absolute Gasteiger partial charge is 0.399 e. The number of fused-ring (bicyclic) bond motifs is 1. The molecule has 0 radical (unpaired) electrons. The third-order valence-corrected chi connectivity index (χ3v) is 5.94. The molecule has 1 fully saturated rings. The van der Waals surface area contributed by atoms with Crippen molar-refractivity contribution in [2.45, 2.75) is 45.1 Å². The minimum atomic E-state index is -4.33. The molecule has 0 aromatic heterocycles. The third-order valence-electron chi connectivity index (χ3n) is 5.94. The normalized spacial score (nSPS) is 18.4. The van der Waals surface area contributed by atoms with E-state index >= 15 is 0 Å². The molecular weight excluding hydrogens is 376 g/mol. The minimum absolute atomic E-state index is 0.404. The van der Waals surface area contributed by atoms with Crippen molar-refractivity contribution in [2.24, 2.45) is 0 Å². The van der Waals surface area contributed by atoms with E-state index in [1.54, 1.807) is 0 Å². The Kier molecular flexibility index (Phi) is 4.55. The predicted molar refractivity (Wildman–Crippen MR) is 110 cm³/mol. The van der Waals surface area contributed by atoms with Gasteiger partial charge in [-0.05, 0) is 73.3 Å². The maximum atomic E-state index is 12.8. The van der Waals surface area contributed by atoms with Gasteiger partial charge in [0.25, 0.3) is 0 Å². The van der Waals surface area contributed by atoms with Crippen molar-refractivity contribution in [3.05, 3.63) is 66.2 Å². The summed E-state index contributed by atoms with van der Waals surface area (Å²) in [6, 6.07) is 17.1. The lowest BCUT2D eigenvalue weighted by molar-refractivity contribution is -0.137. The molecule has 2 nitrogen and oxygen atoms in total. The van der Waals surface area contributed by atoms with Crippen molar-refractivity contribution in [3.8, 4) is 11.1 Å². The lowest BCUT2D eigenvalue weighted by Gasteiger charge is -2.32. The van der Waals surface area contributed by atoms with Gasteiger partial charge in [-0.15, -0.1) is 0 Å². The second-order valence-electron chi connectivity index (χ2n) is 8.48.